The molecule has 6 heteroatoms. The lowest BCUT2D eigenvalue weighted by Gasteiger charge is -2.42. The standard InChI is InChI=1S/C15H20ClNO4/c1-8-9(2)11(4)20-15(10(8)3)21-14-6-5-12(17(18)19)7-13(14)16/h5-11,15H,1-4H3/t8-,9-,10?,11?,15-/m0/s1. The summed E-state index contributed by atoms with van der Waals surface area (Å²) in [6.45, 7) is 8.46. The van der Waals surface area contributed by atoms with Crippen molar-refractivity contribution in [1.29, 1.82) is 0 Å². The monoisotopic (exact) mass is 313 g/mol. The van der Waals surface area contributed by atoms with E-state index >= 15 is 0 Å². The molecule has 0 aliphatic carbocycles. The lowest BCUT2D eigenvalue weighted by Crippen LogP contribution is -2.46. The summed E-state index contributed by atoms with van der Waals surface area (Å²) < 4.78 is 11.7. The predicted octanol–water partition coefficient (Wildman–Crippen LogP) is 4.28. The summed E-state index contributed by atoms with van der Waals surface area (Å²) in [6, 6.07) is 4.19. The number of rotatable bonds is 3. The second-order valence-corrected chi connectivity index (χ2v) is 6.18. The van der Waals surface area contributed by atoms with Gasteiger partial charge in [-0.15, -0.1) is 0 Å². The summed E-state index contributed by atoms with van der Waals surface area (Å²) in [5.41, 5.74) is -0.0553. The van der Waals surface area contributed by atoms with Gasteiger partial charge in [0.1, 0.15) is 5.75 Å². The average Bonchev–Trinajstić information content (AvgIpc) is 2.44. The van der Waals surface area contributed by atoms with Crippen molar-refractivity contribution in [1.82, 2.24) is 0 Å². The number of hydrogen-bond acceptors (Lipinski definition) is 4. The maximum atomic E-state index is 10.7. The first-order chi connectivity index (χ1) is 9.81. The van der Waals surface area contributed by atoms with Gasteiger partial charge in [0.05, 0.1) is 16.0 Å². The largest absolute Gasteiger partial charge is 0.463 e. The molecule has 2 unspecified atom stereocenters. The van der Waals surface area contributed by atoms with Crippen LogP contribution >= 0.6 is 11.6 Å². The molecule has 0 amide bonds. The molecular formula is C15H20ClNO4. The zero-order valence-electron chi connectivity index (χ0n) is 12.6. The van der Waals surface area contributed by atoms with Gasteiger partial charge in [0.15, 0.2) is 0 Å². The molecule has 5 nitrogen and oxygen atoms in total. The molecule has 1 fully saturated rings. The van der Waals surface area contributed by atoms with Gasteiger partial charge in [-0.2, -0.15) is 0 Å². The quantitative estimate of drug-likeness (QED) is 0.617. The molecule has 1 aliphatic rings. The van der Waals surface area contributed by atoms with Crippen LogP contribution in [-0.4, -0.2) is 17.3 Å². The second kappa shape index (κ2) is 6.20. The molecule has 1 heterocycles. The number of hydrogen-bond donors (Lipinski definition) is 0. The Morgan fingerprint density at radius 1 is 1.19 bits per heavy atom. The van der Waals surface area contributed by atoms with E-state index in [2.05, 4.69) is 20.8 Å². The van der Waals surface area contributed by atoms with E-state index in [4.69, 9.17) is 21.1 Å². The molecule has 1 aromatic rings. The van der Waals surface area contributed by atoms with Crippen molar-refractivity contribution in [3.05, 3.63) is 33.3 Å². The van der Waals surface area contributed by atoms with E-state index in [0.29, 0.717) is 17.6 Å². The molecule has 0 N–H and O–H groups in total. The minimum Gasteiger partial charge on any atom is -0.463 e. The molecule has 2 rings (SSSR count). The van der Waals surface area contributed by atoms with Gasteiger partial charge in [-0.1, -0.05) is 32.4 Å². The van der Waals surface area contributed by atoms with Crippen LogP contribution in [0.1, 0.15) is 27.7 Å². The molecular weight excluding hydrogens is 294 g/mol. The van der Waals surface area contributed by atoms with Crippen molar-refractivity contribution in [3.63, 3.8) is 0 Å². The van der Waals surface area contributed by atoms with Crippen LogP contribution in [0, 0.1) is 27.9 Å². The Balaban J connectivity index is 2.16. The second-order valence-electron chi connectivity index (χ2n) is 5.78. The van der Waals surface area contributed by atoms with Crippen molar-refractivity contribution >= 4 is 17.3 Å². The number of nitro benzene ring substituents is 1. The van der Waals surface area contributed by atoms with Crippen molar-refractivity contribution < 1.29 is 14.4 Å². The number of halogens is 1. The number of ether oxygens (including phenoxy) is 2. The van der Waals surface area contributed by atoms with E-state index in [9.17, 15) is 10.1 Å². The van der Waals surface area contributed by atoms with Gasteiger partial charge >= 0.3 is 0 Å². The third-order valence-electron chi connectivity index (χ3n) is 4.55. The highest BCUT2D eigenvalue weighted by atomic mass is 35.5. The molecule has 0 saturated carbocycles. The predicted molar refractivity (Wildman–Crippen MR) is 80.6 cm³/mol. The fraction of sp³-hybridized carbons (Fsp3) is 0.600. The molecule has 5 atom stereocenters. The van der Waals surface area contributed by atoms with E-state index < -0.39 is 11.2 Å². The smallest absolute Gasteiger partial charge is 0.271 e. The number of non-ortho nitro benzene ring substituents is 1. The van der Waals surface area contributed by atoms with E-state index in [0.717, 1.165) is 0 Å². The van der Waals surface area contributed by atoms with Crippen LogP contribution in [0.3, 0.4) is 0 Å². The van der Waals surface area contributed by atoms with Crippen LogP contribution in [0.5, 0.6) is 5.75 Å². The van der Waals surface area contributed by atoms with Crippen molar-refractivity contribution in [3.8, 4) is 5.75 Å². The lowest BCUT2D eigenvalue weighted by molar-refractivity contribution is -0.384. The highest BCUT2D eigenvalue weighted by molar-refractivity contribution is 6.32. The number of nitro groups is 1. The fourth-order valence-electron chi connectivity index (χ4n) is 2.57. The molecule has 0 aromatic heterocycles. The van der Waals surface area contributed by atoms with Crippen molar-refractivity contribution in [2.24, 2.45) is 17.8 Å². The third-order valence-corrected chi connectivity index (χ3v) is 4.84. The minimum absolute atomic E-state index is 0.0553. The molecule has 116 valence electrons. The lowest BCUT2D eigenvalue weighted by atomic mass is 9.79. The first kappa shape index (κ1) is 16.0. The van der Waals surface area contributed by atoms with E-state index in [-0.39, 0.29) is 22.7 Å². The van der Waals surface area contributed by atoms with Gasteiger partial charge < -0.3 is 9.47 Å². The topological polar surface area (TPSA) is 61.6 Å². The molecule has 0 spiro atoms. The molecule has 21 heavy (non-hydrogen) atoms. The average molecular weight is 314 g/mol. The molecule has 1 aliphatic heterocycles. The molecule has 0 bridgehead atoms. The zero-order chi connectivity index (χ0) is 15.7. The van der Waals surface area contributed by atoms with Gasteiger partial charge in [-0.3, -0.25) is 10.1 Å². The molecule has 1 aromatic carbocycles. The van der Waals surface area contributed by atoms with Crippen molar-refractivity contribution in [2.75, 3.05) is 0 Å². The van der Waals surface area contributed by atoms with Crippen LogP contribution in [0.2, 0.25) is 5.02 Å². The Hall–Kier alpha value is -1.33. The van der Waals surface area contributed by atoms with Gasteiger partial charge in [0.2, 0.25) is 6.29 Å². The maximum Gasteiger partial charge on any atom is 0.271 e. The summed E-state index contributed by atoms with van der Waals surface area (Å²) in [7, 11) is 0. The summed E-state index contributed by atoms with van der Waals surface area (Å²) in [5.74, 6) is 1.53. The first-order valence-corrected chi connectivity index (χ1v) is 7.45. The molecule has 1 saturated heterocycles. The van der Waals surface area contributed by atoms with Gasteiger partial charge in [0, 0.05) is 18.1 Å². The fourth-order valence-corrected chi connectivity index (χ4v) is 2.79. The van der Waals surface area contributed by atoms with Crippen LogP contribution < -0.4 is 4.74 Å². The summed E-state index contributed by atoms with van der Waals surface area (Å²) >= 11 is 6.06. The summed E-state index contributed by atoms with van der Waals surface area (Å²) in [4.78, 5) is 10.2. The highest BCUT2D eigenvalue weighted by Gasteiger charge is 2.38. The Kier molecular flexibility index (Phi) is 4.74. The van der Waals surface area contributed by atoms with Crippen LogP contribution in [0.4, 0.5) is 5.69 Å². The van der Waals surface area contributed by atoms with E-state index in [1.165, 1.54) is 18.2 Å². The van der Waals surface area contributed by atoms with E-state index in [1.54, 1.807) is 0 Å². The van der Waals surface area contributed by atoms with Crippen LogP contribution in [-0.2, 0) is 4.74 Å². The van der Waals surface area contributed by atoms with Gasteiger partial charge in [0.25, 0.3) is 5.69 Å². The van der Waals surface area contributed by atoms with Crippen LogP contribution in [0.15, 0.2) is 18.2 Å². The number of nitrogens with zero attached hydrogens (tertiary/aromatic N) is 1. The summed E-state index contributed by atoms with van der Waals surface area (Å²) in [5, 5.41) is 10.9. The van der Waals surface area contributed by atoms with Crippen LogP contribution in [0.25, 0.3) is 0 Å². The SMILES string of the molecule is CC1O[C@@H](Oc2ccc([N+](=O)[O-])cc2Cl)C(C)[C@@H](C)[C@@H]1C. The maximum absolute atomic E-state index is 10.7. The Labute approximate surface area is 129 Å². The Bertz CT molecular complexity index is 536. The van der Waals surface area contributed by atoms with Gasteiger partial charge in [-0.05, 0) is 24.8 Å². The minimum atomic E-state index is -0.485. The van der Waals surface area contributed by atoms with Gasteiger partial charge in [-0.25, -0.2) is 0 Å². The van der Waals surface area contributed by atoms with Crippen molar-refractivity contribution in [2.45, 2.75) is 40.1 Å². The number of benzene rings is 1. The van der Waals surface area contributed by atoms with E-state index in [1.807, 2.05) is 6.92 Å². The normalized spacial score (nSPS) is 32.7. The first-order valence-electron chi connectivity index (χ1n) is 7.07. The highest BCUT2D eigenvalue weighted by Crippen LogP contribution is 2.37. The summed E-state index contributed by atoms with van der Waals surface area (Å²) in [6.07, 6.45) is -0.303. The molecule has 0 radical (unpaired) electrons. The zero-order valence-corrected chi connectivity index (χ0v) is 13.3. The Morgan fingerprint density at radius 2 is 1.86 bits per heavy atom. The Morgan fingerprint density at radius 3 is 2.43 bits per heavy atom. The third kappa shape index (κ3) is 3.30.